The third kappa shape index (κ3) is 3.91. The maximum Gasteiger partial charge on any atom is 0.406 e. The second-order valence-electron chi connectivity index (χ2n) is 7.02. The van der Waals surface area contributed by atoms with Crippen LogP contribution in [-0.4, -0.2) is 77.5 Å². The highest BCUT2D eigenvalue weighted by Crippen LogP contribution is 2.27. The van der Waals surface area contributed by atoms with Crippen LogP contribution in [0, 0.1) is 0 Å². The smallest absolute Gasteiger partial charge is 0.298 e. The van der Waals surface area contributed by atoms with Crippen molar-refractivity contribution in [3.8, 4) is 0 Å². The van der Waals surface area contributed by atoms with Crippen LogP contribution in [0.1, 0.15) is 38.5 Å². The number of alkyl halides is 3. The van der Waals surface area contributed by atoms with Crippen molar-refractivity contribution >= 4 is 11.8 Å². The van der Waals surface area contributed by atoms with Crippen LogP contribution < -0.4 is 0 Å². The minimum atomic E-state index is -4.54. The first kappa shape index (κ1) is 17.7. The molecule has 8 heteroatoms. The van der Waals surface area contributed by atoms with Crippen LogP contribution in [0.5, 0.6) is 0 Å². The van der Waals surface area contributed by atoms with Gasteiger partial charge in [-0.1, -0.05) is 19.3 Å². The van der Waals surface area contributed by atoms with Crippen molar-refractivity contribution < 1.29 is 22.8 Å². The lowest BCUT2D eigenvalue weighted by Crippen LogP contribution is -2.55. The normalized spacial score (nSPS) is 28.8. The Morgan fingerprint density at radius 3 is 2.08 bits per heavy atom. The number of nitrogens with zero attached hydrogens (tertiary/aromatic N) is 3. The molecule has 0 aromatic carbocycles. The van der Waals surface area contributed by atoms with Crippen molar-refractivity contribution in [1.82, 2.24) is 14.7 Å². The molecule has 2 aliphatic heterocycles. The lowest BCUT2D eigenvalue weighted by atomic mass is 9.93. The van der Waals surface area contributed by atoms with Crippen molar-refractivity contribution in [1.29, 1.82) is 0 Å². The highest BCUT2D eigenvalue weighted by molar-refractivity contribution is 6.05. The van der Waals surface area contributed by atoms with E-state index in [-0.39, 0.29) is 6.42 Å². The zero-order valence-electron chi connectivity index (χ0n) is 13.7. The summed E-state index contributed by atoms with van der Waals surface area (Å²) in [6.07, 6.45) is 1.56. The first-order valence-electron chi connectivity index (χ1n) is 8.74. The van der Waals surface area contributed by atoms with Gasteiger partial charge < -0.3 is 0 Å². The maximum absolute atomic E-state index is 12.5. The number of piperazine rings is 1. The third-order valence-electron chi connectivity index (χ3n) is 5.44. The van der Waals surface area contributed by atoms with Gasteiger partial charge in [-0.15, -0.1) is 0 Å². The van der Waals surface area contributed by atoms with Crippen molar-refractivity contribution in [2.24, 2.45) is 0 Å². The molecular formula is C16H24F3N3O2. The van der Waals surface area contributed by atoms with Gasteiger partial charge in [0.2, 0.25) is 11.8 Å². The van der Waals surface area contributed by atoms with Gasteiger partial charge in [0.15, 0.2) is 0 Å². The molecule has 3 rings (SSSR count). The average Bonchev–Trinajstić information content (AvgIpc) is 2.83. The molecule has 2 saturated heterocycles. The van der Waals surface area contributed by atoms with Crippen molar-refractivity contribution in [2.45, 2.75) is 56.8 Å². The summed E-state index contributed by atoms with van der Waals surface area (Å²) in [7, 11) is 0. The molecule has 0 bridgehead atoms. The molecule has 3 fully saturated rings. The molecule has 0 radical (unpaired) electrons. The fraction of sp³-hybridized carbons (Fsp3) is 0.875. The molecule has 136 valence electrons. The van der Waals surface area contributed by atoms with Gasteiger partial charge in [-0.3, -0.25) is 24.3 Å². The minimum absolute atomic E-state index is 0.127. The zero-order chi connectivity index (χ0) is 17.3. The van der Waals surface area contributed by atoms with E-state index in [0.29, 0.717) is 24.0 Å². The molecule has 3 aliphatic rings. The van der Waals surface area contributed by atoms with Gasteiger partial charge in [-0.2, -0.15) is 13.2 Å². The summed E-state index contributed by atoms with van der Waals surface area (Å²) in [6.45, 7) is 1.45. The molecule has 1 atom stereocenters. The topological polar surface area (TPSA) is 43.9 Å². The molecule has 0 N–H and O–H groups in total. The number of amides is 2. The zero-order valence-corrected chi connectivity index (χ0v) is 13.7. The summed E-state index contributed by atoms with van der Waals surface area (Å²) in [5.74, 6) is -1.40. The number of likely N-dealkylation sites (tertiary alicyclic amines) is 1. The van der Waals surface area contributed by atoms with E-state index in [0.717, 1.165) is 13.1 Å². The van der Waals surface area contributed by atoms with Crippen LogP contribution in [0.2, 0.25) is 0 Å². The van der Waals surface area contributed by atoms with Crippen LogP contribution >= 0.6 is 0 Å². The average molecular weight is 347 g/mol. The van der Waals surface area contributed by atoms with Gasteiger partial charge in [-0.25, -0.2) is 0 Å². The lowest BCUT2D eigenvalue weighted by molar-refractivity contribution is -0.166. The van der Waals surface area contributed by atoms with E-state index >= 15 is 0 Å². The maximum atomic E-state index is 12.5. The number of carbonyl (C=O) groups excluding carboxylic acids is 2. The molecular weight excluding hydrogens is 323 g/mol. The van der Waals surface area contributed by atoms with Gasteiger partial charge in [-0.05, 0) is 12.8 Å². The highest BCUT2D eigenvalue weighted by Gasteiger charge is 2.46. The second kappa shape index (κ2) is 7.00. The molecule has 0 aromatic heterocycles. The number of hydrogen-bond donors (Lipinski definition) is 0. The Morgan fingerprint density at radius 1 is 0.917 bits per heavy atom. The summed E-state index contributed by atoms with van der Waals surface area (Å²) in [5, 5.41) is 0. The van der Waals surface area contributed by atoms with Gasteiger partial charge in [0, 0.05) is 32.2 Å². The van der Waals surface area contributed by atoms with Crippen LogP contribution in [-0.2, 0) is 9.59 Å². The van der Waals surface area contributed by atoms with Crippen LogP contribution in [0.25, 0.3) is 0 Å². The van der Waals surface area contributed by atoms with Gasteiger partial charge in [0.05, 0.1) is 12.5 Å². The minimum Gasteiger partial charge on any atom is -0.298 e. The molecule has 1 saturated carbocycles. The van der Waals surface area contributed by atoms with E-state index in [2.05, 4.69) is 4.90 Å². The Kier molecular flexibility index (Phi) is 5.15. The SMILES string of the molecule is O=C1C[C@H](N2CCN(C3CCCCC3)CC2)C(=O)N1CC(F)(F)F. The first-order valence-corrected chi connectivity index (χ1v) is 8.74. The summed E-state index contributed by atoms with van der Waals surface area (Å²) in [4.78, 5) is 28.7. The fourth-order valence-electron chi connectivity index (χ4n) is 4.16. The largest absolute Gasteiger partial charge is 0.406 e. The predicted octanol–water partition coefficient (Wildman–Crippen LogP) is 1.63. The Morgan fingerprint density at radius 2 is 1.50 bits per heavy atom. The number of hydrogen-bond acceptors (Lipinski definition) is 4. The van der Waals surface area contributed by atoms with Crippen molar-refractivity contribution in [3.05, 3.63) is 0 Å². The summed E-state index contributed by atoms with van der Waals surface area (Å²) in [6, 6.07) is -0.114. The van der Waals surface area contributed by atoms with Crippen LogP contribution in [0.3, 0.4) is 0 Å². The summed E-state index contributed by atoms with van der Waals surface area (Å²) in [5.41, 5.74) is 0. The number of halogens is 3. The van der Waals surface area contributed by atoms with E-state index < -0.39 is 30.6 Å². The van der Waals surface area contributed by atoms with Crippen molar-refractivity contribution in [2.75, 3.05) is 32.7 Å². The molecule has 0 unspecified atom stereocenters. The van der Waals surface area contributed by atoms with E-state index in [1.165, 1.54) is 32.1 Å². The third-order valence-corrected chi connectivity index (χ3v) is 5.44. The monoisotopic (exact) mass is 347 g/mol. The van der Waals surface area contributed by atoms with Gasteiger partial charge in [0.25, 0.3) is 0 Å². The first-order chi connectivity index (χ1) is 11.3. The summed E-state index contributed by atoms with van der Waals surface area (Å²) < 4.78 is 37.5. The van der Waals surface area contributed by atoms with Gasteiger partial charge in [0.1, 0.15) is 6.54 Å². The van der Waals surface area contributed by atoms with Gasteiger partial charge >= 0.3 is 6.18 Å². The molecule has 2 amide bonds. The Balaban J connectivity index is 1.54. The number of imide groups is 1. The molecule has 0 spiro atoms. The second-order valence-corrected chi connectivity index (χ2v) is 7.02. The Bertz CT molecular complexity index is 483. The highest BCUT2D eigenvalue weighted by atomic mass is 19.4. The molecule has 24 heavy (non-hydrogen) atoms. The summed E-state index contributed by atoms with van der Waals surface area (Å²) >= 11 is 0. The van der Waals surface area contributed by atoms with E-state index in [1.807, 2.05) is 4.90 Å². The van der Waals surface area contributed by atoms with Crippen LogP contribution in [0.15, 0.2) is 0 Å². The Hall–Kier alpha value is -1.15. The predicted molar refractivity (Wildman–Crippen MR) is 81.2 cm³/mol. The molecule has 1 aliphatic carbocycles. The standard InChI is InChI=1S/C16H24F3N3O2/c17-16(18,19)11-22-14(23)10-13(15(22)24)21-8-6-20(7-9-21)12-4-2-1-3-5-12/h12-13H,1-11H2/t13-/m0/s1. The Labute approximate surface area is 139 Å². The lowest BCUT2D eigenvalue weighted by Gasteiger charge is -2.42. The van der Waals surface area contributed by atoms with E-state index in [4.69, 9.17) is 0 Å². The fourth-order valence-corrected chi connectivity index (χ4v) is 4.16. The van der Waals surface area contributed by atoms with E-state index in [9.17, 15) is 22.8 Å². The molecule has 0 aromatic rings. The van der Waals surface area contributed by atoms with E-state index in [1.54, 1.807) is 0 Å². The number of rotatable bonds is 3. The number of carbonyl (C=O) groups is 2. The molecule has 2 heterocycles. The van der Waals surface area contributed by atoms with Crippen molar-refractivity contribution in [3.63, 3.8) is 0 Å². The quantitative estimate of drug-likeness (QED) is 0.728. The van der Waals surface area contributed by atoms with Crippen LogP contribution in [0.4, 0.5) is 13.2 Å². The molecule has 5 nitrogen and oxygen atoms in total.